The first-order chi connectivity index (χ1) is 24.1. The van der Waals surface area contributed by atoms with Crippen molar-refractivity contribution in [3.05, 3.63) is 42.1 Å². The zero-order valence-corrected chi connectivity index (χ0v) is 32.7. The van der Waals surface area contributed by atoms with Crippen LogP contribution in [0.2, 0.25) is 5.02 Å². The Morgan fingerprint density at radius 1 is 1.08 bits per heavy atom. The van der Waals surface area contributed by atoms with Gasteiger partial charge >= 0.3 is 6.09 Å². The summed E-state index contributed by atoms with van der Waals surface area (Å²) in [5.74, 6) is 0.411. The molecule has 3 unspecified atom stereocenters. The number of methoxy groups -OCH3 is 1. The van der Waals surface area contributed by atoms with Crippen LogP contribution >= 0.6 is 11.6 Å². The van der Waals surface area contributed by atoms with E-state index >= 15 is 0 Å². The van der Waals surface area contributed by atoms with Crippen LogP contribution in [0.4, 0.5) is 4.79 Å². The molecule has 0 radical (unpaired) electrons. The zero-order valence-electron chi connectivity index (χ0n) is 31.2. The summed E-state index contributed by atoms with van der Waals surface area (Å²) in [4.78, 5) is 52.7. The third-order valence-electron chi connectivity index (χ3n) is 8.18. The Balaban J connectivity index is 0.000000271. The summed E-state index contributed by atoms with van der Waals surface area (Å²) >= 11 is 6.18. The molecule has 288 valence electrons. The lowest BCUT2D eigenvalue weighted by molar-refractivity contribution is -0.139. The van der Waals surface area contributed by atoms with E-state index in [0.29, 0.717) is 48.9 Å². The molecule has 52 heavy (non-hydrogen) atoms. The Hall–Kier alpha value is -4.11. The third kappa shape index (κ3) is 12.5. The molecule has 1 aliphatic heterocycles. The van der Waals surface area contributed by atoms with Crippen molar-refractivity contribution in [1.82, 2.24) is 19.9 Å². The molecule has 4 N–H and O–H groups in total. The molecule has 0 bridgehead atoms. The topological polar surface area (TPSA) is 196 Å². The number of halogens is 1. The quantitative estimate of drug-likeness (QED) is 0.301. The highest BCUT2D eigenvalue weighted by atomic mass is 35.5. The maximum absolute atomic E-state index is 12.9. The molecule has 3 aliphatic rings. The number of allylic oxidation sites excluding steroid dienone is 1. The number of hydrogen-bond donors (Lipinski definition) is 3. The zero-order chi connectivity index (χ0) is 39.2. The maximum atomic E-state index is 12.9. The number of carbonyl (C=O) groups is 4. The molecule has 4 amide bonds. The average Bonchev–Trinajstić information content (AvgIpc) is 3.96. The van der Waals surface area contributed by atoms with Crippen LogP contribution in [0.15, 0.2) is 37.1 Å². The van der Waals surface area contributed by atoms with Crippen LogP contribution in [0.3, 0.4) is 0 Å². The number of carbonyl (C=O) groups excluding carboxylic acids is 4. The molecule has 1 aromatic heterocycles. The maximum Gasteiger partial charge on any atom is 0.405 e. The molecule has 1 aromatic carbocycles. The number of benzene rings is 1. The summed E-state index contributed by atoms with van der Waals surface area (Å²) in [6, 6.07) is 4.84. The average molecular weight is 766 g/mol. The van der Waals surface area contributed by atoms with Crippen LogP contribution in [-0.4, -0.2) is 85.8 Å². The molecular weight excluding hydrogens is 714 g/mol. The van der Waals surface area contributed by atoms with Gasteiger partial charge in [0, 0.05) is 41.6 Å². The minimum absolute atomic E-state index is 0.0576. The largest absolute Gasteiger partial charge is 0.494 e. The van der Waals surface area contributed by atoms with Gasteiger partial charge in [0.2, 0.25) is 33.6 Å². The summed E-state index contributed by atoms with van der Waals surface area (Å²) in [7, 11) is -0.205. The van der Waals surface area contributed by atoms with Crippen molar-refractivity contribution in [2.24, 2.45) is 23.0 Å². The number of ether oxygens (including phenoxy) is 3. The first kappa shape index (κ1) is 42.3. The fraction of sp³-hybridized carbons (Fsp3) is 0.583. The van der Waals surface area contributed by atoms with Crippen LogP contribution in [-0.2, 0) is 29.1 Å². The van der Waals surface area contributed by atoms with E-state index in [1.165, 1.54) is 0 Å². The normalized spacial score (nSPS) is 21.0. The number of primary amides is 1. The van der Waals surface area contributed by atoms with E-state index in [4.69, 9.17) is 26.8 Å². The molecule has 2 aliphatic carbocycles. The number of likely N-dealkylation sites (tertiary alicyclic amines) is 1. The van der Waals surface area contributed by atoms with Crippen LogP contribution < -0.4 is 25.2 Å². The van der Waals surface area contributed by atoms with Crippen molar-refractivity contribution in [2.75, 3.05) is 20.7 Å². The van der Waals surface area contributed by atoms with Crippen molar-refractivity contribution in [3.8, 4) is 11.6 Å². The van der Waals surface area contributed by atoms with Crippen LogP contribution in [0.5, 0.6) is 11.6 Å². The predicted molar refractivity (Wildman–Crippen MR) is 198 cm³/mol. The molecule has 5 rings (SSSR count). The van der Waals surface area contributed by atoms with Gasteiger partial charge in [-0.1, -0.05) is 38.4 Å². The lowest BCUT2D eigenvalue weighted by atomic mass is 9.91. The first-order valence-corrected chi connectivity index (χ1v) is 19.0. The van der Waals surface area contributed by atoms with Crippen molar-refractivity contribution >= 4 is 56.2 Å². The number of sulfonamides is 1. The monoisotopic (exact) mass is 765 g/mol. The van der Waals surface area contributed by atoms with Gasteiger partial charge in [0.05, 0.1) is 25.1 Å². The van der Waals surface area contributed by atoms with Gasteiger partial charge in [-0.2, -0.15) is 0 Å². The number of likely N-dealkylation sites (N-methyl/N-ethyl adjacent to an activating group) is 1. The van der Waals surface area contributed by atoms with Crippen LogP contribution in [0.25, 0.3) is 10.8 Å². The third-order valence-corrected chi connectivity index (χ3v) is 10.3. The van der Waals surface area contributed by atoms with E-state index < -0.39 is 27.8 Å². The van der Waals surface area contributed by atoms with Gasteiger partial charge in [0.15, 0.2) is 0 Å². The van der Waals surface area contributed by atoms with Crippen molar-refractivity contribution in [1.29, 1.82) is 0 Å². The molecule has 4 atom stereocenters. The Labute approximate surface area is 311 Å². The Bertz CT molecular complexity index is 1750. The van der Waals surface area contributed by atoms with Gasteiger partial charge in [0.1, 0.15) is 23.5 Å². The lowest BCUT2D eigenvalue weighted by Gasteiger charge is -2.26. The summed E-state index contributed by atoms with van der Waals surface area (Å²) in [6.07, 6.45) is 5.05. The van der Waals surface area contributed by atoms with E-state index in [1.54, 1.807) is 64.2 Å². The first-order valence-electron chi connectivity index (χ1n) is 17.1. The molecule has 16 heteroatoms. The summed E-state index contributed by atoms with van der Waals surface area (Å²) in [6.45, 7) is 15.2. The summed E-state index contributed by atoms with van der Waals surface area (Å²) in [5.41, 5.74) is 4.09. The Kier molecular flexibility index (Phi) is 13.9. The van der Waals surface area contributed by atoms with Gasteiger partial charge in [-0.25, -0.2) is 18.2 Å². The number of amides is 4. The highest BCUT2D eigenvalue weighted by Gasteiger charge is 2.45. The Morgan fingerprint density at radius 2 is 1.73 bits per heavy atom. The molecule has 14 nitrogen and oxygen atoms in total. The summed E-state index contributed by atoms with van der Waals surface area (Å²) in [5, 5.41) is 4.43. The van der Waals surface area contributed by atoms with E-state index in [0.717, 1.165) is 17.2 Å². The fourth-order valence-corrected chi connectivity index (χ4v) is 6.99. The molecule has 3 fully saturated rings. The van der Waals surface area contributed by atoms with Crippen molar-refractivity contribution in [3.63, 3.8) is 0 Å². The number of fused-ring (bicyclic) bond motifs is 1. The molecule has 2 heterocycles. The minimum Gasteiger partial charge on any atom is -0.494 e. The molecule has 0 spiro atoms. The lowest BCUT2D eigenvalue weighted by Crippen LogP contribution is -2.45. The number of nitrogens with two attached hydrogens (primary N) is 1. The Morgan fingerprint density at radius 3 is 2.21 bits per heavy atom. The smallest absolute Gasteiger partial charge is 0.405 e. The van der Waals surface area contributed by atoms with Crippen LogP contribution in [0.1, 0.15) is 73.6 Å². The number of nitrogens with zero attached hydrogens (tertiary/aromatic N) is 2. The van der Waals surface area contributed by atoms with Crippen LogP contribution in [0, 0.1) is 17.3 Å². The van der Waals surface area contributed by atoms with Gasteiger partial charge in [-0.15, -0.1) is 6.58 Å². The minimum atomic E-state index is -3.36. The summed E-state index contributed by atoms with van der Waals surface area (Å²) < 4.78 is 41.0. The van der Waals surface area contributed by atoms with E-state index in [-0.39, 0.29) is 46.3 Å². The number of rotatable bonds is 9. The van der Waals surface area contributed by atoms with Gasteiger partial charge < -0.3 is 30.2 Å². The van der Waals surface area contributed by atoms with E-state index in [2.05, 4.69) is 26.3 Å². The molecule has 1 saturated heterocycles. The molecular formula is C36H52ClN5O9S. The SMILES string of the molecule is C=CC1CC1C(=O)NS(=O)(=O)C1CC1.CC(C)(C)OC(N)=O.CNC(=O)C1C[C@@H](Oc2ncc(OC)c3ccc(Cl)cc23)CN1C(=O)CC(C)(C)C. The number of hydrogen-bond acceptors (Lipinski definition) is 10. The predicted octanol–water partition coefficient (Wildman–Crippen LogP) is 4.72. The second-order valence-electron chi connectivity index (χ2n) is 15.2. The standard InChI is InChI=1S/C22H28ClN3O4.C9H13NO3S.C5H11NO2/c1-22(2,3)10-19(27)26-12-14(9-17(26)20(28)24-4)30-21-16-8-13(23)6-7-15(16)18(29-5)11-25-21;1-2-6-5-8(6)9(11)10-14(12,13)7-3-4-7;1-5(2,3)8-4(6)7/h6-8,11,14,17H,9-10,12H2,1-5H3,(H,24,28);2,6-8H,1,3-5H2,(H,10,11);1-3H3,(H2,6,7)/t14-,17?;;/m1../s1. The number of aromatic nitrogens is 1. The molecule has 2 aromatic rings. The second-order valence-corrected chi connectivity index (χ2v) is 17.6. The van der Waals surface area contributed by atoms with Gasteiger partial charge in [-0.05, 0) is 69.6 Å². The number of pyridine rings is 1. The highest BCUT2D eigenvalue weighted by molar-refractivity contribution is 7.90. The van der Waals surface area contributed by atoms with E-state index in [9.17, 15) is 27.6 Å². The van der Waals surface area contributed by atoms with Gasteiger partial charge in [-0.3, -0.25) is 19.1 Å². The van der Waals surface area contributed by atoms with Crippen molar-refractivity contribution in [2.45, 2.75) is 96.6 Å². The second kappa shape index (κ2) is 17.1. The van der Waals surface area contributed by atoms with E-state index in [1.807, 2.05) is 26.8 Å². The van der Waals surface area contributed by atoms with Crippen molar-refractivity contribution < 1.29 is 41.8 Å². The number of nitrogens with one attached hydrogen (secondary N) is 2. The van der Waals surface area contributed by atoms with Gasteiger partial charge in [0.25, 0.3) is 0 Å². The highest BCUT2D eigenvalue weighted by Crippen LogP contribution is 2.40. The molecule has 2 saturated carbocycles. The fourth-order valence-electron chi connectivity index (χ4n) is 5.46.